The number of aromatic nitrogens is 2. The third-order valence-corrected chi connectivity index (χ3v) is 3.87. The number of rotatable bonds is 6. The lowest BCUT2D eigenvalue weighted by atomic mass is 10.1. The maximum atomic E-state index is 13.8. The van der Waals surface area contributed by atoms with E-state index in [0.29, 0.717) is 11.7 Å². The normalized spacial score (nSPS) is 11.1. The molecule has 0 aliphatic heterocycles. The molecule has 21 heavy (non-hydrogen) atoms. The SMILES string of the molecule is CCC(CC)n1ccc(CC(=O)c2cccc(Cl)c2F)n1. The molecule has 0 aliphatic carbocycles. The first-order valence-corrected chi connectivity index (χ1v) is 7.45. The minimum Gasteiger partial charge on any atom is -0.294 e. The number of Topliss-reactive ketones (excluding diaryl/α,β-unsaturated/α-hetero) is 1. The monoisotopic (exact) mass is 308 g/mol. The molecular weight excluding hydrogens is 291 g/mol. The lowest BCUT2D eigenvalue weighted by molar-refractivity contribution is 0.0988. The Bertz CT molecular complexity index is 635. The van der Waals surface area contributed by atoms with Crippen LogP contribution in [0, 0.1) is 5.82 Å². The molecule has 0 unspecified atom stereocenters. The molecule has 112 valence electrons. The van der Waals surface area contributed by atoms with E-state index in [-0.39, 0.29) is 22.8 Å². The van der Waals surface area contributed by atoms with Crippen molar-refractivity contribution in [1.29, 1.82) is 0 Å². The van der Waals surface area contributed by atoms with Crippen molar-refractivity contribution in [3.63, 3.8) is 0 Å². The number of ketones is 1. The maximum Gasteiger partial charge on any atom is 0.171 e. The van der Waals surface area contributed by atoms with E-state index >= 15 is 0 Å². The predicted octanol–water partition coefficient (Wildman–Crippen LogP) is 4.46. The van der Waals surface area contributed by atoms with Crippen molar-refractivity contribution in [1.82, 2.24) is 9.78 Å². The van der Waals surface area contributed by atoms with Gasteiger partial charge in [0.25, 0.3) is 0 Å². The molecule has 2 rings (SSSR count). The van der Waals surface area contributed by atoms with Crippen molar-refractivity contribution < 1.29 is 9.18 Å². The molecule has 0 saturated carbocycles. The first-order chi connectivity index (χ1) is 10.1. The zero-order valence-electron chi connectivity index (χ0n) is 12.1. The smallest absolute Gasteiger partial charge is 0.171 e. The molecule has 0 amide bonds. The van der Waals surface area contributed by atoms with Crippen LogP contribution in [0.4, 0.5) is 4.39 Å². The number of carbonyl (C=O) groups is 1. The number of halogens is 2. The van der Waals surface area contributed by atoms with Crippen molar-refractivity contribution in [2.75, 3.05) is 0 Å². The average Bonchev–Trinajstić information content (AvgIpc) is 2.91. The molecule has 1 heterocycles. The van der Waals surface area contributed by atoms with Gasteiger partial charge in [0.05, 0.1) is 28.7 Å². The summed E-state index contributed by atoms with van der Waals surface area (Å²) in [6, 6.07) is 6.58. The van der Waals surface area contributed by atoms with Gasteiger partial charge < -0.3 is 0 Å². The van der Waals surface area contributed by atoms with Crippen LogP contribution in [0.25, 0.3) is 0 Å². The molecule has 0 saturated heterocycles. The summed E-state index contributed by atoms with van der Waals surface area (Å²) in [6.07, 6.45) is 3.90. The first kappa shape index (κ1) is 15.7. The Morgan fingerprint density at radius 2 is 2.05 bits per heavy atom. The quantitative estimate of drug-likeness (QED) is 0.738. The Labute approximate surface area is 128 Å². The van der Waals surface area contributed by atoms with Crippen LogP contribution in [0.5, 0.6) is 0 Å². The second-order valence-electron chi connectivity index (χ2n) is 4.96. The summed E-state index contributed by atoms with van der Waals surface area (Å²) >= 11 is 5.70. The fraction of sp³-hybridized carbons (Fsp3) is 0.375. The number of benzene rings is 1. The van der Waals surface area contributed by atoms with Crippen LogP contribution in [0.2, 0.25) is 5.02 Å². The van der Waals surface area contributed by atoms with Crippen LogP contribution >= 0.6 is 11.6 Å². The van der Waals surface area contributed by atoms with Gasteiger partial charge in [-0.2, -0.15) is 5.10 Å². The summed E-state index contributed by atoms with van der Waals surface area (Å²) in [6.45, 7) is 4.20. The van der Waals surface area contributed by atoms with Gasteiger partial charge in [0.15, 0.2) is 11.6 Å². The molecule has 0 fully saturated rings. The fourth-order valence-corrected chi connectivity index (χ4v) is 2.49. The Morgan fingerprint density at radius 3 is 2.71 bits per heavy atom. The molecule has 0 atom stereocenters. The van der Waals surface area contributed by atoms with E-state index in [1.54, 1.807) is 12.1 Å². The highest BCUT2D eigenvalue weighted by molar-refractivity contribution is 6.31. The van der Waals surface area contributed by atoms with Crippen molar-refractivity contribution in [3.8, 4) is 0 Å². The lowest BCUT2D eigenvalue weighted by Crippen LogP contribution is -2.10. The van der Waals surface area contributed by atoms with Gasteiger partial charge in [-0.25, -0.2) is 4.39 Å². The van der Waals surface area contributed by atoms with Crippen molar-refractivity contribution in [2.24, 2.45) is 0 Å². The summed E-state index contributed by atoms with van der Waals surface area (Å²) in [7, 11) is 0. The molecule has 0 radical (unpaired) electrons. The second-order valence-corrected chi connectivity index (χ2v) is 5.37. The molecule has 5 heteroatoms. The Hall–Kier alpha value is -1.68. The van der Waals surface area contributed by atoms with Gasteiger partial charge in [0.1, 0.15) is 0 Å². The summed E-state index contributed by atoms with van der Waals surface area (Å²) in [5.41, 5.74) is 0.658. The van der Waals surface area contributed by atoms with E-state index < -0.39 is 5.82 Å². The van der Waals surface area contributed by atoms with Gasteiger partial charge in [0.2, 0.25) is 0 Å². The van der Waals surface area contributed by atoms with Crippen molar-refractivity contribution >= 4 is 17.4 Å². The van der Waals surface area contributed by atoms with Gasteiger partial charge in [-0.3, -0.25) is 9.48 Å². The van der Waals surface area contributed by atoms with E-state index in [0.717, 1.165) is 12.8 Å². The molecule has 0 aliphatic rings. The van der Waals surface area contributed by atoms with Crippen LogP contribution < -0.4 is 0 Å². The van der Waals surface area contributed by atoms with E-state index in [4.69, 9.17) is 11.6 Å². The molecule has 3 nitrogen and oxygen atoms in total. The Morgan fingerprint density at radius 1 is 1.33 bits per heavy atom. The zero-order chi connectivity index (χ0) is 15.4. The molecule has 0 spiro atoms. The maximum absolute atomic E-state index is 13.8. The van der Waals surface area contributed by atoms with Crippen molar-refractivity contribution in [3.05, 3.63) is 52.6 Å². The molecule has 0 bridgehead atoms. The zero-order valence-corrected chi connectivity index (χ0v) is 12.9. The summed E-state index contributed by atoms with van der Waals surface area (Å²) < 4.78 is 15.7. The number of carbonyl (C=O) groups excluding carboxylic acids is 1. The van der Waals surface area contributed by atoms with Gasteiger partial charge in [0, 0.05) is 6.20 Å². The van der Waals surface area contributed by atoms with E-state index in [1.807, 2.05) is 10.9 Å². The lowest BCUT2D eigenvalue weighted by Gasteiger charge is -2.12. The fourth-order valence-electron chi connectivity index (χ4n) is 2.32. The highest BCUT2D eigenvalue weighted by Crippen LogP contribution is 2.20. The van der Waals surface area contributed by atoms with Crippen LogP contribution in [-0.4, -0.2) is 15.6 Å². The standard InChI is InChI=1S/C16H18ClFN2O/c1-3-12(4-2)20-9-8-11(19-20)10-15(21)13-6-5-7-14(17)16(13)18/h5-9,12H,3-4,10H2,1-2H3. The van der Waals surface area contributed by atoms with E-state index in [9.17, 15) is 9.18 Å². The molecule has 0 N–H and O–H groups in total. The van der Waals surface area contributed by atoms with Crippen LogP contribution in [0.3, 0.4) is 0 Å². The Kier molecular flexibility index (Phi) is 5.12. The Balaban J connectivity index is 2.15. The number of hydrogen-bond acceptors (Lipinski definition) is 2. The average molecular weight is 309 g/mol. The second kappa shape index (κ2) is 6.85. The molecule has 2 aromatic rings. The summed E-state index contributed by atoms with van der Waals surface area (Å²) in [5.74, 6) is -0.978. The van der Waals surface area contributed by atoms with E-state index in [1.165, 1.54) is 12.1 Å². The third-order valence-electron chi connectivity index (χ3n) is 3.57. The summed E-state index contributed by atoms with van der Waals surface area (Å²) in [4.78, 5) is 12.2. The molecule has 1 aromatic carbocycles. The highest BCUT2D eigenvalue weighted by Gasteiger charge is 2.16. The first-order valence-electron chi connectivity index (χ1n) is 7.08. The van der Waals surface area contributed by atoms with Crippen LogP contribution in [0.1, 0.15) is 48.8 Å². The van der Waals surface area contributed by atoms with Gasteiger partial charge in [-0.05, 0) is 31.0 Å². The minimum atomic E-state index is -0.663. The predicted molar refractivity (Wildman–Crippen MR) is 81.3 cm³/mol. The van der Waals surface area contributed by atoms with Gasteiger partial charge >= 0.3 is 0 Å². The summed E-state index contributed by atoms with van der Waals surface area (Å²) in [5, 5.41) is 4.37. The van der Waals surface area contributed by atoms with E-state index in [2.05, 4.69) is 18.9 Å². The topological polar surface area (TPSA) is 34.9 Å². The van der Waals surface area contributed by atoms with Crippen LogP contribution in [-0.2, 0) is 6.42 Å². The minimum absolute atomic E-state index is 0.0135. The number of nitrogens with zero attached hydrogens (tertiary/aromatic N) is 2. The highest BCUT2D eigenvalue weighted by atomic mass is 35.5. The molecular formula is C16H18ClFN2O. The number of hydrogen-bond donors (Lipinski definition) is 0. The third kappa shape index (κ3) is 3.50. The molecule has 1 aromatic heterocycles. The van der Waals surface area contributed by atoms with Gasteiger partial charge in [-0.15, -0.1) is 0 Å². The van der Waals surface area contributed by atoms with Crippen LogP contribution in [0.15, 0.2) is 30.5 Å². The van der Waals surface area contributed by atoms with Crippen molar-refractivity contribution in [2.45, 2.75) is 39.2 Å². The largest absolute Gasteiger partial charge is 0.294 e. The van der Waals surface area contributed by atoms with Gasteiger partial charge in [-0.1, -0.05) is 31.5 Å².